The highest BCUT2D eigenvalue weighted by Gasteiger charge is 2.09. The summed E-state index contributed by atoms with van der Waals surface area (Å²) >= 11 is 1.31. The lowest BCUT2D eigenvalue weighted by molar-refractivity contribution is -0.115. The van der Waals surface area contributed by atoms with Crippen molar-refractivity contribution in [2.24, 2.45) is 0 Å². The lowest BCUT2D eigenvalue weighted by Crippen LogP contribution is -2.32. The summed E-state index contributed by atoms with van der Waals surface area (Å²) in [5, 5.41) is 16.3. The third-order valence-electron chi connectivity index (χ3n) is 2.33. The smallest absolute Gasteiger partial charge is 0.261 e. The van der Waals surface area contributed by atoms with Crippen molar-refractivity contribution in [3.05, 3.63) is 46.7 Å². The number of aromatic hydroxyl groups is 1. The number of para-hydroxylation sites is 2. The summed E-state index contributed by atoms with van der Waals surface area (Å²) in [5.41, 5.74) is 0.317. The number of phenols is 1. The van der Waals surface area contributed by atoms with Gasteiger partial charge in [-0.1, -0.05) is 18.2 Å². The van der Waals surface area contributed by atoms with Gasteiger partial charge in [0.25, 0.3) is 5.91 Å². The van der Waals surface area contributed by atoms with Gasteiger partial charge in [-0.15, -0.1) is 11.3 Å². The van der Waals surface area contributed by atoms with Crippen LogP contribution in [0.4, 0.5) is 5.69 Å². The summed E-state index contributed by atoms with van der Waals surface area (Å²) in [5.74, 6) is -0.700. The number of rotatable bonds is 4. The normalized spacial score (nSPS) is 9.89. The highest BCUT2D eigenvalue weighted by molar-refractivity contribution is 7.12. The predicted molar refractivity (Wildman–Crippen MR) is 73.4 cm³/mol. The molecule has 0 saturated heterocycles. The van der Waals surface area contributed by atoms with E-state index in [1.54, 1.807) is 35.7 Å². The first kappa shape index (κ1) is 13.1. The number of hydrogen-bond donors (Lipinski definition) is 3. The molecule has 3 N–H and O–H groups in total. The Kier molecular flexibility index (Phi) is 4.15. The number of carbonyl (C=O) groups excluding carboxylic acids is 2. The van der Waals surface area contributed by atoms with Crippen molar-refractivity contribution in [2.75, 3.05) is 11.9 Å². The fourth-order valence-corrected chi connectivity index (χ4v) is 2.07. The summed E-state index contributed by atoms with van der Waals surface area (Å²) in [4.78, 5) is 23.8. The van der Waals surface area contributed by atoms with Gasteiger partial charge >= 0.3 is 0 Å². The minimum atomic E-state index is -0.397. The van der Waals surface area contributed by atoms with Gasteiger partial charge in [-0.25, -0.2) is 0 Å². The Morgan fingerprint density at radius 3 is 2.63 bits per heavy atom. The van der Waals surface area contributed by atoms with Crippen LogP contribution in [0.2, 0.25) is 0 Å². The fourth-order valence-electron chi connectivity index (χ4n) is 1.43. The van der Waals surface area contributed by atoms with Crippen LogP contribution in [-0.2, 0) is 4.79 Å². The second-order valence-electron chi connectivity index (χ2n) is 3.73. The monoisotopic (exact) mass is 276 g/mol. The first-order valence-corrected chi connectivity index (χ1v) is 6.44. The molecule has 0 fully saturated rings. The standard InChI is InChI=1S/C13H12N2O3S/c16-10-5-2-1-4-9(10)15-12(17)8-14-13(18)11-6-3-7-19-11/h1-7,16H,8H2,(H,14,18)(H,15,17). The molecule has 0 atom stereocenters. The number of nitrogens with one attached hydrogen (secondary N) is 2. The molecule has 0 spiro atoms. The Hall–Kier alpha value is -2.34. The van der Waals surface area contributed by atoms with E-state index in [0.717, 1.165) is 0 Å². The first-order chi connectivity index (χ1) is 9.16. The van der Waals surface area contributed by atoms with Crippen LogP contribution in [-0.4, -0.2) is 23.5 Å². The molecule has 0 radical (unpaired) electrons. The Bertz CT molecular complexity index is 581. The number of benzene rings is 1. The number of amides is 2. The first-order valence-electron chi connectivity index (χ1n) is 5.56. The van der Waals surface area contributed by atoms with Gasteiger partial charge in [0.1, 0.15) is 5.75 Å². The van der Waals surface area contributed by atoms with Crippen LogP contribution in [0.25, 0.3) is 0 Å². The zero-order chi connectivity index (χ0) is 13.7. The molecule has 1 heterocycles. The summed E-state index contributed by atoms with van der Waals surface area (Å²) in [6.07, 6.45) is 0. The Balaban J connectivity index is 1.86. The fraction of sp³-hybridized carbons (Fsp3) is 0.0769. The molecule has 0 saturated carbocycles. The lowest BCUT2D eigenvalue weighted by Gasteiger charge is -2.07. The molecule has 0 bridgehead atoms. The molecular formula is C13H12N2O3S. The van der Waals surface area contributed by atoms with Crippen molar-refractivity contribution in [2.45, 2.75) is 0 Å². The van der Waals surface area contributed by atoms with Gasteiger partial charge in [-0.2, -0.15) is 0 Å². The van der Waals surface area contributed by atoms with Crippen molar-refractivity contribution in [3.63, 3.8) is 0 Å². The number of phenolic OH excluding ortho intramolecular Hbond substituents is 1. The Labute approximate surface area is 113 Å². The Morgan fingerprint density at radius 1 is 1.16 bits per heavy atom. The average Bonchev–Trinajstić information content (AvgIpc) is 2.93. The SMILES string of the molecule is O=C(CNC(=O)c1cccs1)Nc1ccccc1O. The highest BCUT2D eigenvalue weighted by atomic mass is 32.1. The Morgan fingerprint density at radius 2 is 1.95 bits per heavy atom. The zero-order valence-electron chi connectivity index (χ0n) is 9.92. The summed E-state index contributed by atoms with van der Waals surface area (Å²) in [7, 11) is 0. The molecule has 0 aliphatic rings. The van der Waals surface area contributed by atoms with Gasteiger partial charge < -0.3 is 15.7 Å². The number of carbonyl (C=O) groups is 2. The van der Waals surface area contributed by atoms with Gasteiger partial charge in [0, 0.05) is 0 Å². The highest BCUT2D eigenvalue weighted by Crippen LogP contribution is 2.21. The number of anilines is 1. The maximum Gasteiger partial charge on any atom is 0.261 e. The third-order valence-corrected chi connectivity index (χ3v) is 3.20. The zero-order valence-corrected chi connectivity index (χ0v) is 10.7. The third kappa shape index (κ3) is 3.56. The molecule has 0 aliphatic heterocycles. The van der Waals surface area contributed by atoms with E-state index in [4.69, 9.17) is 0 Å². The van der Waals surface area contributed by atoms with E-state index < -0.39 is 5.91 Å². The number of thiophene rings is 1. The second-order valence-corrected chi connectivity index (χ2v) is 4.67. The molecule has 1 aromatic carbocycles. The predicted octanol–water partition coefficient (Wildman–Crippen LogP) is 1.82. The van der Waals surface area contributed by atoms with Crippen molar-refractivity contribution in [1.82, 2.24) is 5.32 Å². The molecule has 2 amide bonds. The summed E-state index contributed by atoms with van der Waals surface area (Å²) < 4.78 is 0. The van der Waals surface area contributed by atoms with E-state index in [2.05, 4.69) is 10.6 Å². The molecule has 1 aromatic heterocycles. The van der Waals surface area contributed by atoms with Crippen LogP contribution < -0.4 is 10.6 Å². The van der Waals surface area contributed by atoms with E-state index in [9.17, 15) is 14.7 Å². The quantitative estimate of drug-likeness (QED) is 0.745. The largest absolute Gasteiger partial charge is 0.506 e. The minimum Gasteiger partial charge on any atom is -0.506 e. The van der Waals surface area contributed by atoms with Crippen LogP contribution in [0.15, 0.2) is 41.8 Å². The molecule has 98 valence electrons. The molecule has 6 heteroatoms. The second kappa shape index (κ2) is 6.01. The van der Waals surface area contributed by atoms with Crippen LogP contribution >= 0.6 is 11.3 Å². The van der Waals surface area contributed by atoms with Crippen LogP contribution in [0.5, 0.6) is 5.75 Å². The number of hydrogen-bond acceptors (Lipinski definition) is 4. The topological polar surface area (TPSA) is 78.4 Å². The van der Waals surface area contributed by atoms with Crippen molar-refractivity contribution in [1.29, 1.82) is 0 Å². The molecule has 2 rings (SSSR count). The van der Waals surface area contributed by atoms with E-state index in [0.29, 0.717) is 10.6 Å². The van der Waals surface area contributed by atoms with Crippen molar-refractivity contribution < 1.29 is 14.7 Å². The molecule has 19 heavy (non-hydrogen) atoms. The summed E-state index contributed by atoms with van der Waals surface area (Å²) in [6.45, 7) is -0.148. The maximum atomic E-state index is 11.6. The molecular weight excluding hydrogens is 264 g/mol. The lowest BCUT2D eigenvalue weighted by atomic mass is 10.3. The molecule has 5 nitrogen and oxygen atoms in total. The van der Waals surface area contributed by atoms with Gasteiger partial charge in [0.15, 0.2) is 0 Å². The molecule has 0 unspecified atom stereocenters. The van der Waals surface area contributed by atoms with E-state index >= 15 is 0 Å². The van der Waals surface area contributed by atoms with Crippen molar-refractivity contribution in [3.8, 4) is 5.75 Å². The van der Waals surface area contributed by atoms with Gasteiger partial charge in [-0.05, 0) is 23.6 Å². The van der Waals surface area contributed by atoms with Crippen molar-refractivity contribution >= 4 is 28.8 Å². The van der Waals surface area contributed by atoms with Gasteiger partial charge in [0.05, 0.1) is 17.1 Å². The molecule has 2 aromatic rings. The summed E-state index contributed by atoms with van der Waals surface area (Å²) in [6, 6.07) is 9.85. The maximum absolute atomic E-state index is 11.6. The minimum absolute atomic E-state index is 0.0135. The van der Waals surface area contributed by atoms with Crippen LogP contribution in [0, 0.1) is 0 Å². The van der Waals surface area contributed by atoms with Gasteiger partial charge in [-0.3, -0.25) is 9.59 Å². The van der Waals surface area contributed by atoms with Crippen LogP contribution in [0.1, 0.15) is 9.67 Å². The van der Waals surface area contributed by atoms with E-state index in [1.165, 1.54) is 17.4 Å². The van der Waals surface area contributed by atoms with E-state index in [1.807, 2.05) is 0 Å². The molecule has 0 aliphatic carbocycles. The van der Waals surface area contributed by atoms with Crippen LogP contribution in [0.3, 0.4) is 0 Å². The van der Waals surface area contributed by atoms with Gasteiger partial charge in [0.2, 0.25) is 5.91 Å². The average molecular weight is 276 g/mol. The van der Waals surface area contributed by atoms with E-state index in [-0.39, 0.29) is 18.2 Å².